The molecule has 1 aromatic rings. The van der Waals surface area contributed by atoms with Gasteiger partial charge in [-0.05, 0) is 31.4 Å². The Balaban J connectivity index is 2.00. The fourth-order valence-electron chi connectivity index (χ4n) is 2.61. The number of likely N-dealkylation sites (tertiary alicyclic amines) is 1. The van der Waals surface area contributed by atoms with Gasteiger partial charge in [0.25, 0.3) is 0 Å². The van der Waals surface area contributed by atoms with Crippen LogP contribution in [0.2, 0.25) is 0 Å². The standard InChI is InChI=1S/C15H22N2O4/c1-2-11-6-7-13(21-11)12-5-3-4-10-17(12)15(20)16-9-8-14(18)19/h6-7,12H,2-5,8-10H2,1H3,(H,16,20)(H,18,19). The van der Waals surface area contributed by atoms with Crippen molar-refractivity contribution in [3.05, 3.63) is 23.7 Å². The zero-order valence-electron chi connectivity index (χ0n) is 12.3. The van der Waals surface area contributed by atoms with E-state index in [1.54, 1.807) is 4.90 Å². The van der Waals surface area contributed by atoms with Crippen LogP contribution >= 0.6 is 0 Å². The molecule has 0 saturated carbocycles. The summed E-state index contributed by atoms with van der Waals surface area (Å²) in [7, 11) is 0. The van der Waals surface area contributed by atoms with Gasteiger partial charge in [0, 0.05) is 19.5 Å². The van der Waals surface area contributed by atoms with E-state index in [1.807, 2.05) is 19.1 Å². The highest BCUT2D eigenvalue weighted by atomic mass is 16.4. The number of rotatable bonds is 5. The molecule has 6 nitrogen and oxygen atoms in total. The second-order valence-corrected chi connectivity index (χ2v) is 5.24. The van der Waals surface area contributed by atoms with Gasteiger partial charge in [-0.15, -0.1) is 0 Å². The number of piperidine rings is 1. The van der Waals surface area contributed by atoms with Crippen molar-refractivity contribution in [1.82, 2.24) is 10.2 Å². The van der Waals surface area contributed by atoms with Gasteiger partial charge in [-0.3, -0.25) is 4.79 Å². The van der Waals surface area contributed by atoms with Gasteiger partial charge in [0.05, 0.1) is 12.5 Å². The van der Waals surface area contributed by atoms with Crippen LogP contribution in [0.25, 0.3) is 0 Å². The van der Waals surface area contributed by atoms with Gasteiger partial charge in [0.2, 0.25) is 0 Å². The lowest BCUT2D eigenvalue weighted by molar-refractivity contribution is -0.136. The van der Waals surface area contributed by atoms with E-state index in [4.69, 9.17) is 9.52 Å². The molecule has 1 atom stereocenters. The molecule has 0 radical (unpaired) electrons. The van der Waals surface area contributed by atoms with Crippen molar-refractivity contribution in [1.29, 1.82) is 0 Å². The Morgan fingerprint density at radius 3 is 2.90 bits per heavy atom. The van der Waals surface area contributed by atoms with Gasteiger partial charge in [-0.2, -0.15) is 0 Å². The summed E-state index contributed by atoms with van der Waals surface area (Å²) in [5.41, 5.74) is 0. The lowest BCUT2D eigenvalue weighted by atomic mass is 10.0. The molecule has 0 spiro atoms. The Labute approximate surface area is 124 Å². The Morgan fingerprint density at radius 1 is 1.43 bits per heavy atom. The third kappa shape index (κ3) is 4.00. The maximum absolute atomic E-state index is 12.2. The van der Waals surface area contributed by atoms with Crippen molar-refractivity contribution >= 4 is 12.0 Å². The number of carbonyl (C=O) groups excluding carboxylic acids is 1. The van der Waals surface area contributed by atoms with Crippen LogP contribution in [0.4, 0.5) is 4.79 Å². The largest absolute Gasteiger partial charge is 0.481 e. The molecule has 1 saturated heterocycles. The molecule has 116 valence electrons. The van der Waals surface area contributed by atoms with E-state index in [2.05, 4.69) is 5.32 Å². The van der Waals surface area contributed by atoms with Crippen molar-refractivity contribution in [3.63, 3.8) is 0 Å². The summed E-state index contributed by atoms with van der Waals surface area (Å²) < 4.78 is 5.78. The average molecular weight is 294 g/mol. The highest BCUT2D eigenvalue weighted by Crippen LogP contribution is 2.32. The fourth-order valence-corrected chi connectivity index (χ4v) is 2.61. The smallest absolute Gasteiger partial charge is 0.318 e. The molecule has 21 heavy (non-hydrogen) atoms. The quantitative estimate of drug-likeness (QED) is 0.874. The number of nitrogens with zero attached hydrogens (tertiary/aromatic N) is 1. The molecule has 0 aliphatic carbocycles. The number of hydrogen-bond acceptors (Lipinski definition) is 3. The summed E-state index contributed by atoms with van der Waals surface area (Å²) in [6.45, 7) is 2.85. The van der Waals surface area contributed by atoms with Gasteiger partial charge < -0.3 is 19.7 Å². The zero-order valence-corrected chi connectivity index (χ0v) is 12.3. The summed E-state index contributed by atoms with van der Waals surface area (Å²) in [5, 5.41) is 11.3. The minimum atomic E-state index is -0.913. The van der Waals surface area contributed by atoms with E-state index >= 15 is 0 Å². The molecule has 1 aliphatic rings. The Kier molecular flexibility index (Phi) is 5.25. The van der Waals surface area contributed by atoms with E-state index in [-0.39, 0.29) is 25.0 Å². The van der Waals surface area contributed by atoms with E-state index in [0.29, 0.717) is 6.54 Å². The number of carbonyl (C=O) groups is 2. The molecule has 0 bridgehead atoms. The number of furan rings is 1. The first kappa shape index (κ1) is 15.4. The number of nitrogens with one attached hydrogen (secondary N) is 1. The van der Waals surface area contributed by atoms with Crippen LogP contribution < -0.4 is 5.32 Å². The molecule has 2 heterocycles. The maximum Gasteiger partial charge on any atom is 0.318 e. The molecule has 1 aromatic heterocycles. The highest BCUT2D eigenvalue weighted by molar-refractivity contribution is 5.75. The fraction of sp³-hybridized carbons (Fsp3) is 0.600. The lowest BCUT2D eigenvalue weighted by Gasteiger charge is -2.34. The number of hydrogen-bond donors (Lipinski definition) is 2. The summed E-state index contributed by atoms with van der Waals surface area (Å²) in [5.74, 6) is 0.825. The van der Waals surface area contributed by atoms with Crippen LogP contribution in [0.1, 0.15) is 50.2 Å². The summed E-state index contributed by atoms with van der Waals surface area (Å²) >= 11 is 0. The molecule has 0 aromatic carbocycles. The predicted octanol–water partition coefficient (Wildman–Crippen LogP) is 2.55. The summed E-state index contributed by atoms with van der Waals surface area (Å²) in [6.07, 6.45) is 3.67. The normalized spacial score (nSPS) is 18.5. The molecule has 6 heteroatoms. The number of carboxylic acids is 1. The Morgan fingerprint density at radius 2 is 2.24 bits per heavy atom. The topological polar surface area (TPSA) is 82.8 Å². The monoisotopic (exact) mass is 294 g/mol. The zero-order chi connectivity index (χ0) is 15.2. The van der Waals surface area contributed by atoms with Gasteiger partial charge in [0.15, 0.2) is 0 Å². The van der Waals surface area contributed by atoms with E-state index in [0.717, 1.165) is 37.2 Å². The van der Waals surface area contributed by atoms with Crippen LogP contribution in [-0.4, -0.2) is 35.1 Å². The molecule has 1 aliphatic heterocycles. The number of amides is 2. The predicted molar refractivity (Wildman–Crippen MR) is 77.0 cm³/mol. The minimum Gasteiger partial charge on any atom is -0.481 e. The van der Waals surface area contributed by atoms with Crippen LogP contribution in [0.3, 0.4) is 0 Å². The number of aliphatic carboxylic acids is 1. The second kappa shape index (κ2) is 7.15. The first-order valence-corrected chi connectivity index (χ1v) is 7.46. The number of urea groups is 1. The van der Waals surface area contributed by atoms with Gasteiger partial charge in [-0.1, -0.05) is 6.92 Å². The van der Waals surface area contributed by atoms with Crippen LogP contribution in [0.5, 0.6) is 0 Å². The van der Waals surface area contributed by atoms with Crippen LogP contribution in [-0.2, 0) is 11.2 Å². The summed E-state index contributed by atoms with van der Waals surface area (Å²) in [4.78, 5) is 24.5. The van der Waals surface area contributed by atoms with Gasteiger partial charge >= 0.3 is 12.0 Å². The van der Waals surface area contributed by atoms with E-state index in [1.165, 1.54) is 0 Å². The molecule has 1 fully saturated rings. The van der Waals surface area contributed by atoms with Crippen molar-refractivity contribution in [2.45, 2.75) is 45.1 Å². The Bertz CT molecular complexity index is 498. The molecule has 2 N–H and O–H groups in total. The van der Waals surface area contributed by atoms with E-state index < -0.39 is 5.97 Å². The Hall–Kier alpha value is -1.98. The lowest BCUT2D eigenvalue weighted by Crippen LogP contribution is -2.45. The molecule has 2 amide bonds. The maximum atomic E-state index is 12.2. The van der Waals surface area contributed by atoms with Gasteiger partial charge in [-0.25, -0.2) is 4.79 Å². The number of carboxylic acid groups (broad SMARTS) is 1. The average Bonchev–Trinajstić information content (AvgIpc) is 2.95. The SMILES string of the molecule is CCc1ccc(C2CCCCN2C(=O)NCCC(=O)O)o1. The molecule has 1 unspecified atom stereocenters. The van der Waals surface area contributed by atoms with Gasteiger partial charge in [0.1, 0.15) is 11.5 Å². The third-order valence-corrected chi connectivity index (χ3v) is 3.74. The molecular formula is C15H22N2O4. The summed E-state index contributed by atoms with van der Waals surface area (Å²) in [6, 6.07) is 3.62. The molecular weight excluding hydrogens is 272 g/mol. The first-order chi connectivity index (χ1) is 10.1. The third-order valence-electron chi connectivity index (χ3n) is 3.74. The van der Waals surface area contributed by atoms with Crippen LogP contribution in [0, 0.1) is 0 Å². The number of aryl methyl sites for hydroxylation is 1. The second-order valence-electron chi connectivity index (χ2n) is 5.24. The van der Waals surface area contributed by atoms with Crippen molar-refractivity contribution < 1.29 is 19.1 Å². The molecule has 2 rings (SSSR count). The van der Waals surface area contributed by atoms with Crippen molar-refractivity contribution in [2.75, 3.05) is 13.1 Å². The van der Waals surface area contributed by atoms with Crippen molar-refractivity contribution in [3.8, 4) is 0 Å². The first-order valence-electron chi connectivity index (χ1n) is 7.46. The highest BCUT2D eigenvalue weighted by Gasteiger charge is 2.30. The van der Waals surface area contributed by atoms with E-state index in [9.17, 15) is 9.59 Å². The van der Waals surface area contributed by atoms with Crippen LogP contribution in [0.15, 0.2) is 16.5 Å². The van der Waals surface area contributed by atoms with Crippen molar-refractivity contribution in [2.24, 2.45) is 0 Å². The minimum absolute atomic E-state index is 0.0520.